The summed E-state index contributed by atoms with van der Waals surface area (Å²) < 4.78 is 5.70. The number of benzene rings is 1. The van der Waals surface area contributed by atoms with Crippen molar-refractivity contribution in [2.45, 2.75) is 39.5 Å². The summed E-state index contributed by atoms with van der Waals surface area (Å²) in [4.78, 5) is 16.5. The quantitative estimate of drug-likeness (QED) is 0.836. The van der Waals surface area contributed by atoms with Gasteiger partial charge in [-0.2, -0.15) is 0 Å². The first-order valence-electron chi connectivity index (χ1n) is 8.95. The molecule has 3 rings (SSSR count). The van der Waals surface area contributed by atoms with Crippen molar-refractivity contribution in [1.82, 2.24) is 15.1 Å². The number of piperazine rings is 1. The van der Waals surface area contributed by atoms with E-state index in [9.17, 15) is 4.79 Å². The smallest absolute Gasteiger partial charge is 0.318 e. The molecule has 1 aromatic carbocycles. The second-order valence-corrected chi connectivity index (χ2v) is 6.87. The van der Waals surface area contributed by atoms with Crippen LogP contribution < -0.4 is 4.90 Å². The van der Waals surface area contributed by atoms with Gasteiger partial charge in [-0.25, -0.2) is 0 Å². The first-order valence-corrected chi connectivity index (χ1v) is 8.95. The number of carbonyl (C=O) groups is 1. The monoisotopic (exact) mass is 342 g/mol. The third-order valence-electron chi connectivity index (χ3n) is 4.70. The molecule has 2 heterocycles. The standard InChI is InChI=1S/C19H26N4O2/c1-14(2)18-20-21-19(25-18)23-12-10-22(11-13-23)17(24)9-8-16-7-5-4-6-15(16)3/h4-7,14H,8-13H2,1-3H3. The summed E-state index contributed by atoms with van der Waals surface area (Å²) in [6.07, 6.45) is 1.36. The van der Waals surface area contributed by atoms with Crippen LogP contribution in [0, 0.1) is 6.92 Å². The molecule has 2 aromatic rings. The molecule has 1 fully saturated rings. The number of aromatic nitrogens is 2. The fourth-order valence-electron chi connectivity index (χ4n) is 3.02. The van der Waals surface area contributed by atoms with Crippen molar-refractivity contribution >= 4 is 11.9 Å². The minimum absolute atomic E-state index is 0.219. The van der Waals surface area contributed by atoms with Crippen LogP contribution in [0.5, 0.6) is 0 Å². The molecule has 1 amide bonds. The fraction of sp³-hybridized carbons (Fsp3) is 0.526. The minimum Gasteiger partial charge on any atom is -0.408 e. The van der Waals surface area contributed by atoms with Crippen molar-refractivity contribution in [3.63, 3.8) is 0 Å². The van der Waals surface area contributed by atoms with Crippen molar-refractivity contribution in [1.29, 1.82) is 0 Å². The highest BCUT2D eigenvalue weighted by molar-refractivity contribution is 5.76. The molecule has 0 radical (unpaired) electrons. The van der Waals surface area contributed by atoms with E-state index in [0.29, 0.717) is 31.4 Å². The summed E-state index contributed by atoms with van der Waals surface area (Å²) in [6.45, 7) is 9.02. The lowest BCUT2D eigenvalue weighted by Gasteiger charge is -2.33. The number of anilines is 1. The van der Waals surface area contributed by atoms with E-state index >= 15 is 0 Å². The molecule has 6 heteroatoms. The van der Waals surface area contributed by atoms with E-state index in [1.165, 1.54) is 11.1 Å². The number of hydrogen-bond acceptors (Lipinski definition) is 5. The molecule has 0 spiro atoms. The van der Waals surface area contributed by atoms with Gasteiger partial charge in [0.05, 0.1) is 0 Å². The average Bonchev–Trinajstić information content (AvgIpc) is 3.11. The Hall–Kier alpha value is -2.37. The number of carbonyl (C=O) groups excluding carboxylic acids is 1. The zero-order valence-electron chi connectivity index (χ0n) is 15.2. The molecule has 0 aliphatic carbocycles. The Balaban J connectivity index is 1.49. The van der Waals surface area contributed by atoms with Gasteiger partial charge >= 0.3 is 6.01 Å². The van der Waals surface area contributed by atoms with E-state index in [1.54, 1.807) is 0 Å². The number of nitrogens with zero attached hydrogens (tertiary/aromatic N) is 4. The number of rotatable bonds is 5. The summed E-state index contributed by atoms with van der Waals surface area (Å²) in [6, 6.07) is 8.82. The highest BCUT2D eigenvalue weighted by atomic mass is 16.4. The Morgan fingerprint density at radius 3 is 2.52 bits per heavy atom. The van der Waals surface area contributed by atoms with Gasteiger partial charge in [0.15, 0.2) is 0 Å². The van der Waals surface area contributed by atoms with Gasteiger partial charge in [0, 0.05) is 38.5 Å². The molecule has 1 aliphatic heterocycles. The fourth-order valence-corrected chi connectivity index (χ4v) is 3.02. The minimum atomic E-state index is 0.219. The van der Waals surface area contributed by atoms with Gasteiger partial charge in [0.25, 0.3) is 0 Å². The third kappa shape index (κ3) is 4.18. The average molecular weight is 342 g/mol. The van der Waals surface area contributed by atoms with Gasteiger partial charge in [-0.15, -0.1) is 5.10 Å². The maximum absolute atomic E-state index is 12.5. The van der Waals surface area contributed by atoms with Gasteiger partial charge in [0.2, 0.25) is 11.8 Å². The summed E-state index contributed by atoms with van der Waals surface area (Å²) >= 11 is 0. The van der Waals surface area contributed by atoms with Gasteiger partial charge in [-0.1, -0.05) is 43.2 Å². The van der Waals surface area contributed by atoms with Crippen LogP contribution in [0.1, 0.15) is 43.2 Å². The molecule has 0 bridgehead atoms. The molecule has 1 aliphatic rings. The molecular formula is C19H26N4O2. The normalized spacial score (nSPS) is 15.0. The zero-order chi connectivity index (χ0) is 17.8. The van der Waals surface area contributed by atoms with E-state index in [1.807, 2.05) is 30.9 Å². The van der Waals surface area contributed by atoms with Crippen LogP contribution >= 0.6 is 0 Å². The predicted octanol–water partition coefficient (Wildman–Crippen LogP) is 2.78. The van der Waals surface area contributed by atoms with Crippen LogP contribution in [0.25, 0.3) is 0 Å². The van der Waals surface area contributed by atoms with Crippen molar-refractivity contribution < 1.29 is 9.21 Å². The molecule has 134 valence electrons. The van der Waals surface area contributed by atoms with Crippen molar-refractivity contribution in [3.05, 3.63) is 41.3 Å². The van der Waals surface area contributed by atoms with Crippen LogP contribution in [0.15, 0.2) is 28.7 Å². The third-order valence-corrected chi connectivity index (χ3v) is 4.70. The SMILES string of the molecule is Cc1ccccc1CCC(=O)N1CCN(c2nnc(C(C)C)o2)CC1. The number of hydrogen-bond donors (Lipinski definition) is 0. The molecule has 1 saturated heterocycles. The largest absolute Gasteiger partial charge is 0.408 e. The van der Waals surface area contributed by atoms with Gasteiger partial charge < -0.3 is 14.2 Å². The van der Waals surface area contributed by atoms with Crippen LogP contribution in [-0.4, -0.2) is 47.2 Å². The highest BCUT2D eigenvalue weighted by Gasteiger charge is 2.24. The second-order valence-electron chi connectivity index (χ2n) is 6.87. The summed E-state index contributed by atoms with van der Waals surface area (Å²) in [5, 5.41) is 8.20. The Bertz CT molecular complexity index is 718. The van der Waals surface area contributed by atoms with E-state index in [0.717, 1.165) is 19.5 Å². The number of amides is 1. The summed E-state index contributed by atoms with van der Waals surface area (Å²) in [5.41, 5.74) is 2.50. The van der Waals surface area contributed by atoms with Crippen LogP contribution in [-0.2, 0) is 11.2 Å². The predicted molar refractivity (Wildman–Crippen MR) is 96.7 cm³/mol. The van der Waals surface area contributed by atoms with Crippen LogP contribution in [0.2, 0.25) is 0 Å². The Morgan fingerprint density at radius 2 is 1.88 bits per heavy atom. The summed E-state index contributed by atoms with van der Waals surface area (Å²) in [5.74, 6) is 1.11. The maximum Gasteiger partial charge on any atom is 0.318 e. The van der Waals surface area contributed by atoms with Crippen LogP contribution in [0.4, 0.5) is 6.01 Å². The van der Waals surface area contributed by atoms with E-state index in [-0.39, 0.29) is 11.8 Å². The van der Waals surface area contributed by atoms with Gasteiger partial charge in [-0.3, -0.25) is 4.79 Å². The molecule has 25 heavy (non-hydrogen) atoms. The molecular weight excluding hydrogens is 316 g/mol. The van der Waals surface area contributed by atoms with Crippen molar-refractivity contribution in [3.8, 4) is 0 Å². The van der Waals surface area contributed by atoms with Gasteiger partial charge in [0.1, 0.15) is 0 Å². The first-order chi connectivity index (χ1) is 12.0. The zero-order valence-corrected chi connectivity index (χ0v) is 15.2. The topological polar surface area (TPSA) is 62.5 Å². The van der Waals surface area contributed by atoms with Crippen molar-refractivity contribution in [2.75, 3.05) is 31.1 Å². The summed E-state index contributed by atoms with van der Waals surface area (Å²) in [7, 11) is 0. The lowest BCUT2D eigenvalue weighted by molar-refractivity contribution is -0.131. The molecule has 0 unspecified atom stereocenters. The lowest BCUT2D eigenvalue weighted by atomic mass is 10.0. The lowest BCUT2D eigenvalue weighted by Crippen LogP contribution is -2.49. The molecule has 1 aromatic heterocycles. The number of aryl methyl sites for hydroxylation is 2. The van der Waals surface area contributed by atoms with E-state index in [2.05, 4.69) is 34.2 Å². The Labute approximate surface area is 148 Å². The van der Waals surface area contributed by atoms with E-state index in [4.69, 9.17) is 4.42 Å². The molecule has 0 N–H and O–H groups in total. The Kier molecular flexibility index (Phi) is 5.36. The van der Waals surface area contributed by atoms with Gasteiger partial charge in [-0.05, 0) is 24.5 Å². The molecule has 6 nitrogen and oxygen atoms in total. The highest BCUT2D eigenvalue weighted by Crippen LogP contribution is 2.20. The van der Waals surface area contributed by atoms with Crippen LogP contribution in [0.3, 0.4) is 0 Å². The first kappa shape index (κ1) is 17.5. The molecule has 0 atom stereocenters. The Morgan fingerprint density at radius 1 is 1.16 bits per heavy atom. The van der Waals surface area contributed by atoms with Crippen molar-refractivity contribution in [2.24, 2.45) is 0 Å². The maximum atomic E-state index is 12.5. The second kappa shape index (κ2) is 7.68. The molecule has 0 saturated carbocycles. The van der Waals surface area contributed by atoms with E-state index < -0.39 is 0 Å².